The highest BCUT2D eigenvalue weighted by Crippen LogP contribution is 2.35. The molecule has 1 aromatic heterocycles. The minimum atomic E-state index is -0.462. The Morgan fingerprint density at radius 3 is 2.63 bits per heavy atom. The average molecular weight is 494 g/mol. The molecule has 0 radical (unpaired) electrons. The Balaban J connectivity index is 1.82. The third-order valence-electron chi connectivity index (χ3n) is 6.60. The molecule has 3 aromatic rings. The summed E-state index contributed by atoms with van der Waals surface area (Å²) in [6, 6.07) is 13.0. The van der Waals surface area contributed by atoms with Crippen LogP contribution in [0.15, 0.2) is 47.5 Å². The standard InChI is InChI=1S/C27H32ClN5O2/c1-4-18(7-5-6-14-29)25(34)16-23-27-32-31-17(2)33(27)24-13-12-21(35-3)15-22(24)26(30-23)19-8-10-20(28)11-9-19/h8-13,15,18,23H,4-7,14,16,29H2,1-3H3. The number of unbranched alkanes of at least 4 members (excludes halogenated alkanes) is 1. The maximum absolute atomic E-state index is 13.4. The van der Waals surface area contributed by atoms with E-state index in [-0.39, 0.29) is 18.1 Å². The fraction of sp³-hybridized carbons (Fsp3) is 0.407. The molecule has 7 nitrogen and oxygen atoms in total. The Kier molecular flexibility index (Phi) is 7.98. The number of ketones is 1. The number of carbonyl (C=O) groups is 1. The molecule has 2 aromatic carbocycles. The summed E-state index contributed by atoms with van der Waals surface area (Å²) in [6.07, 6.45) is 3.78. The number of hydrogen-bond acceptors (Lipinski definition) is 6. The molecular formula is C27H32ClN5O2. The molecule has 0 bridgehead atoms. The SMILES string of the molecule is CCC(CCCCN)C(=O)CC1N=C(c2ccc(Cl)cc2)c2cc(OC)ccc2-n2c(C)nnc21. The third-order valence-corrected chi connectivity index (χ3v) is 6.85. The maximum atomic E-state index is 13.4. The Labute approximate surface area is 211 Å². The summed E-state index contributed by atoms with van der Waals surface area (Å²) in [4.78, 5) is 18.6. The first-order chi connectivity index (χ1) is 17.0. The van der Waals surface area contributed by atoms with Crippen LogP contribution in [0.2, 0.25) is 5.02 Å². The van der Waals surface area contributed by atoms with E-state index < -0.39 is 6.04 Å². The van der Waals surface area contributed by atoms with Crippen LogP contribution in [-0.2, 0) is 4.79 Å². The number of ether oxygens (including phenoxy) is 1. The van der Waals surface area contributed by atoms with Gasteiger partial charge in [-0.2, -0.15) is 0 Å². The number of aromatic nitrogens is 3. The van der Waals surface area contributed by atoms with Gasteiger partial charge in [-0.3, -0.25) is 14.4 Å². The van der Waals surface area contributed by atoms with Crippen LogP contribution in [0, 0.1) is 12.8 Å². The molecule has 2 N–H and O–H groups in total. The molecule has 1 aliphatic heterocycles. The second-order valence-electron chi connectivity index (χ2n) is 8.88. The van der Waals surface area contributed by atoms with E-state index >= 15 is 0 Å². The second-order valence-corrected chi connectivity index (χ2v) is 9.32. The molecule has 35 heavy (non-hydrogen) atoms. The molecule has 2 heterocycles. The zero-order valence-electron chi connectivity index (χ0n) is 20.5. The molecular weight excluding hydrogens is 462 g/mol. The number of aryl methyl sites for hydroxylation is 1. The normalized spacial score (nSPS) is 15.6. The highest BCUT2D eigenvalue weighted by molar-refractivity contribution is 6.30. The third kappa shape index (κ3) is 5.31. The Morgan fingerprint density at radius 1 is 1.17 bits per heavy atom. The van der Waals surface area contributed by atoms with Crippen LogP contribution in [0.5, 0.6) is 5.75 Å². The number of Topliss-reactive ketones (excluding diaryl/α,β-unsaturated/α-hetero) is 1. The molecule has 0 amide bonds. The lowest BCUT2D eigenvalue weighted by Gasteiger charge is -2.17. The highest BCUT2D eigenvalue weighted by atomic mass is 35.5. The second kappa shape index (κ2) is 11.1. The van der Waals surface area contributed by atoms with Gasteiger partial charge >= 0.3 is 0 Å². The number of carbonyl (C=O) groups excluding carboxylic acids is 1. The smallest absolute Gasteiger partial charge is 0.162 e. The van der Waals surface area contributed by atoms with Gasteiger partial charge in [0, 0.05) is 28.5 Å². The lowest BCUT2D eigenvalue weighted by molar-refractivity contribution is -0.123. The molecule has 4 rings (SSSR count). The summed E-state index contributed by atoms with van der Waals surface area (Å²) in [7, 11) is 1.64. The van der Waals surface area contributed by atoms with Crippen LogP contribution in [0.25, 0.3) is 5.69 Å². The topological polar surface area (TPSA) is 95.4 Å². The number of fused-ring (bicyclic) bond motifs is 3. The van der Waals surface area contributed by atoms with E-state index in [1.54, 1.807) is 7.11 Å². The summed E-state index contributed by atoms with van der Waals surface area (Å²) in [5.74, 6) is 2.32. The number of rotatable bonds is 10. The average Bonchev–Trinajstić information content (AvgIpc) is 3.19. The van der Waals surface area contributed by atoms with Gasteiger partial charge in [0.25, 0.3) is 0 Å². The molecule has 2 atom stereocenters. The number of halogens is 1. The van der Waals surface area contributed by atoms with Crippen LogP contribution < -0.4 is 10.5 Å². The van der Waals surface area contributed by atoms with E-state index in [0.717, 1.165) is 59.8 Å². The number of nitrogens with two attached hydrogens (primary N) is 1. The van der Waals surface area contributed by atoms with Gasteiger partial charge in [0.15, 0.2) is 5.82 Å². The summed E-state index contributed by atoms with van der Waals surface area (Å²) in [5, 5.41) is 9.47. The zero-order valence-corrected chi connectivity index (χ0v) is 21.3. The molecule has 0 saturated carbocycles. The number of hydrogen-bond donors (Lipinski definition) is 1. The predicted octanol–water partition coefficient (Wildman–Crippen LogP) is 5.24. The van der Waals surface area contributed by atoms with Gasteiger partial charge in [-0.15, -0.1) is 10.2 Å². The van der Waals surface area contributed by atoms with Crippen LogP contribution >= 0.6 is 11.6 Å². The van der Waals surface area contributed by atoms with Crippen molar-refractivity contribution < 1.29 is 9.53 Å². The van der Waals surface area contributed by atoms with Gasteiger partial charge in [-0.25, -0.2) is 0 Å². The maximum Gasteiger partial charge on any atom is 0.162 e. The first-order valence-electron chi connectivity index (χ1n) is 12.1. The van der Waals surface area contributed by atoms with Crippen molar-refractivity contribution in [2.24, 2.45) is 16.6 Å². The first-order valence-corrected chi connectivity index (χ1v) is 12.5. The summed E-state index contributed by atoms with van der Waals surface area (Å²) in [6.45, 7) is 4.62. The van der Waals surface area contributed by atoms with Crippen molar-refractivity contribution >= 4 is 23.1 Å². The number of benzene rings is 2. The molecule has 0 spiro atoms. The Bertz CT molecular complexity index is 1220. The van der Waals surface area contributed by atoms with Gasteiger partial charge in [0.1, 0.15) is 23.4 Å². The lowest BCUT2D eigenvalue weighted by atomic mass is 9.91. The molecule has 8 heteroatoms. The monoisotopic (exact) mass is 493 g/mol. The molecule has 0 aliphatic carbocycles. The minimum Gasteiger partial charge on any atom is -0.497 e. The van der Waals surface area contributed by atoms with Gasteiger partial charge < -0.3 is 10.5 Å². The van der Waals surface area contributed by atoms with E-state index in [1.807, 2.05) is 54.0 Å². The van der Waals surface area contributed by atoms with E-state index in [2.05, 4.69) is 17.1 Å². The van der Waals surface area contributed by atoms with Gasteiger partial charge in [-0.1, -0.05) is 37.1 Å². The molecule has 184 valence electrons. The number of nitrogens with zero attached hydrogens (tertiary/aromatic N) is 4. The van der Waals surface area contributed by atoms with Crippen molar-refractivity contribution in [3.63, 3.8) is 0 Å². The van der Waals surface area contributed by atoms with E-state index in [0.29, 0.717) is 17.4 Å². The quantitative estimate of drug-likeness (QED) is 0.389. The van der Waals surface area contributed by atoms with Crippen LogP contribution in [0.4, 0.5) is 0 Å². The fourth-order valence-electron chi connectivity index (χ4n) is 4.66. The van der Waals surface area contributed by atoms with Gasteiger partial charge in [0.2, 0.25) is 0 Å². The van der Waals surface area contributed by atoms with E-state index in [1.165, 1.54) is 0 Å². The summed E-state index contributed by atoms with van der Waals surface area (Å²) >= 11 is 6.17. The lowest BCUT2D eigenvalue weighted by Crippen LogP contribution is -2.18. The summed E-state index contributed by atoms with van der Waals surface area (Å²) in [5.41, 5.74) is 9.14. The molecule has 2 unspecified atom stereocenters. The fourth-order valence-corrected chi connectivity index (χ4v) is 4.79. The van der Waals surface area contributed by atoms with Crippen molar-refractivity contribution in [3.05, 3.63) is 70.3 Å². The van der Waals surface area contributed by atoms with Crippen LogP contribution in [0.3, 0.4) is 0 Å². The van der Waals surface area contributed by atoms with Crippen molar-refractivity contribution in [2.75, 3.05) is 13.7 Å². The van der Waals surface area contributed by atoms with Crippen LogP contribution in [0.1, 0.15) is 67.8 Å². The molecule has 1 aliphatic rings. The Hall–Kier alpha value is -3.03. The zero-order chi connectivity index (χ0) is 24.9. The minimum absolute atomic E-state index is 0.0149. The number of methoxy groups -OCH3 is 1. The largest absolute Gasteiger partial charge is 0.497 e. The predicted molar refractivity (Wildman–Crippen MR) is 139 cm³/mol. The van der Waals surface area contributed by atoms with Crippen LogP contribution in [-0.4, -0.2) is 39.9 Å². The highest BCUT2D eigenvalue weighted by Gasteiger charge is 2.31. The van der Waals surface area contributed by atoms with Crippen molar-refractivity contribution in [1.82, 2.24) is 14.8 Å². The van der Waals surface area contributed by atoms with Gasteiger partial charge in [0.05, 0.1) is 18.5 Å². The van der Waals surface area contributed by atoms with Gasteiger partial charge in [-0.05, 0) is 63.1 Å². The van der Waals surface area contributed by atoms with E-state index in [4.69, 9.17) is 27.1 Å². The van der Waals surface area contributed by atoms with E-state index in [9.17, 15) is 4.79 Å². The van der Waals surface area contributed by atoms with Crippen molar-refractivity contribution in [1.29, 1.82) is 0 Å². The number of aliphatic imine (C=N–C) groups is 1. The molecule has 0 fully saturated rings. The van der Waals surface area contributed by atoms with Crippen molar-refractivity contribution in [3.8, 4) is 11.4 Å². The van der Waals surface area contributed by atoms with Crippen molar-refractivity contribution in [2.45, 2.75) is 52.0 Å². The molecule has 0 saturated heterocycles. The first kappa shape index (κ1) is 25.1. The Morgan fingerprint density at radius 2 is 1.94 bits per heavy atom. The summed E-state index contributed by atoms with van der Waals surface area (Å²) < 4.78 is 7.54.